The lowest BCUT2D eigenvalue weighted by atomic mass is 9.99. The molecule has 7 aromatic carbocycles. The topological polar surface area (TPSA) is 57.0 Å². The van der Waals surface area contributed by atoms with Gasteiger partial charge in [-0.25, -0.2) is 9.97 Å². The fraction of sp³-hybridized carbons (Fsp3) is 0. The predicted octanol–water partition coefficient (Wildman–Crippen LogP) is 11.3. The molecule has 0 aliphatic heterocycles. The zero-order valence-corrected chi connectivity index (χ0v) is 24.9. The highest BCUT2D eigenvalue weighted by atomic mass is 16.3. The van der Waals surface area contributed by atoms with Crippen molar-refractivity contribution in [3.8, 4) is 17.2 Å². The average Bonchev–Trinajstić information content (AvgIpc) is 3.81. The third kappa shape index (κ3) is 3.32. The van der Waals surface area contributed by atoms with Crippen molar-refractivity contribution in [1.82, 2.24) is 14.5 Å². The van der Waals surface area contributed by atoms with E-state index in [4.69, 9.17) is 18.8 Å². The summed E-state index contributed by atoms with van der Waals surface area (Å²) in [4.78, 5) is 10.7. The number of hydrogen-bond acceptors (Lipinski definition) is 4. The Morgan fingerprint density at radius 3 is 1.94 bits per heavy atom. The number of furan rings is 2. The van der Waals surface area contributed by atoms with Crippen LogP contribution in [0.25, 0.3) is 105 Å². The molecule has 0 aliphatic rings. The van der Waals surface area contributed by atoms with Gasteiger partial charge in [0, 0.05) is 54.0 Å². The molecule has 0 fully saturated rings. The van der Waals surface area contributed by atoms with E-state index in [0.717, 1.165) is 98.6 Å². The largest absolute Gasteiger partial charge is 0.456 e. The summed E-state index contributed by atoms with van der Waals surface area (Å²) in [5.41, 5.74) is 8.40. The highest BCUT2D eigenvalue weighted by Crippen LogP contribution is 2.46. The quantitative estimate of drug-likeness (QED) is 0.198. The Kier molecular flexibility index (Phi) is 4.78. The molecule has 0 spiro atoms. The first-order chi connectivity index (χ1) is 23.3. The third-order valence-corrected chi connectivity index (χ3v) is 9.59. The summed E-state index contributed by atoms with van der Waals surface area (Å²) < 4.78 is 15.0. The highest BCUT2D eigenvalue weighted by molar-refractivity contribution is 6.35. The minimum absolute atomic E-state index is 0.624. The maximum atomic E-state index is 6.58. The third-order valence-electron chi connectivity index (χ3n) is 9.59. The molecule has 5 nitrogen and oxygen atoms in total. The summed E-state index contributed by atoms with van der Waals surface area (Å²) in [5, 5.41) is 9.80. The van der Waals surface area contributed by atoms with Crippen molar-refractivity contribution in [2.45, 2.75) is 0 Å². The molecule has 11 aromatic rings. The number of fused-ring (bicyclic) bond motifs is 14. The first-order valence-electron chi connectivity index (χ1n) is 15.8. The van der Waals surface area contributed by atoms with Gasteiger partial charge in [-0.15, -0.1) is 0 Å². The van der Waals surface area contributed by atoms with E-state index in [9.17, 15) is 0 Å². The second-order valence-electron chi connectivity index (χ2n) is 12.1. The summed E-state index contributed by atoms with van der Waals surface area (Å²) in [7, 11) is 0. The zero-order chi connectivity index (χ0) is 30.6. The van der Waals surface area contributed by atoms with E-state index in [1.54, 1.807) is 0 Å². The maximum Gasteiger partial charge on any atom is 0.235 e. The SMILES string of the molecule is c1ccc2c(-c3ccc4oc5ccccc5c4c3)nc(-n3c4ccccc4c4c5c6ccccc6oc5c5ccccc5c43)nc2c1. The number of para-hydroxylation sites is 4. The molecule has 218 valence electrons. The van der Waals surface area contributed by atoms with E-state index in [1.165, 1.54) is 0 Å². The predicted molar refractivity (Wildman–Crippen MR) is 191 cm³/mol. The first-order valence-corrected chi connectivity index (χ1v) is 15.8. The van der Waals surface area contributed by atoms with Crippen molar-refractivity contribution in [1.29, 1.82) is 0 Å². The monoisotopic (exact) mass is 601 g/mol. The van der Waals surface area contributed by atoms with E-state index < -0.39 is 0 Å². The molecule has 4 heterocycles. The molecule has 11 rings (SSSR count). The molecule has 47 heavy (non-hydrogen) atoms. The van der Waals surface area contributed by atoms with Crippen LogP contribution in [0.4, 0.5) is 0 Å². The van der Waals surface area contributed by atoms with Gasteiger partial charge in [-0.2, -0.15) is 0 Å². The van der Waals surface area contributed by atoms with Gasteiger partial charge in [0.25, 0.3) is 0 Å². The van der Waals surface area contributed by atoms with Crippen LogP contribution >= 0.6 is 0 Å². The molecule has 0 amide bonds. The van der Waals surface area contributed by atoms with E-state index in [-0.39, 0.29) is 0 Å². The molecular formula is C42H23N3O2. The standard InChI is InChI=1S/C42H23N3O2/c1-2-13-27-26(12-1)40-37(38-30-16-6-10-20-35(30)47-41(27)38)29-15-4-8-18-33(29)45(40)42-43-32-17-7-3-14-28(32)39(44-42)24-21-22-36-31(23-24)25-11-5-9-19-34(25)46-36/h1-23H. The lowest BCUT2D eigenvalue weighted by molar-refractivity contribution is 0.669. The van der Waals surface area contributed by atoms with Gasteiger partial charge in [-0.1, -0.05) is 97.1 Å². The van der Waals surface area contributed by atoms with E-state index in [1.807, 2.05) is 30.3 Å². The van der Waals surface area contributed by atoms with E-state index >= 15 is 0 Å². The van der Waals surface area contributed by atoms with Crippen LogP contribution in [-0.4, -0.2) is 14.5 Å². The van der Waals surface area contributed by atoms with E-state index in [0.29, 0.717) is 5.95 Å². The second kappa shape index (κ2) is 9.05. The van der Waals surface area contributed by atoms with Crippen molar-refractivity contribution >= 4 is 87.4 Å². The number of rotatable bonds is 2. The second-order valence-corrected chi connectivity index (χ2v) is 12.1. The Bertz CT molecular complexity index is 3090. The minimum atomic E-state index is 0.624. The van der Waals surface area contributed by atoms with Crippen molar-refractivity contribution in [2.24, 2.45) is 0 Å². The van der Waals surface area contributed by atoms with Gasteiger partial charge in [0.2, 0.25) is 5.95 Å². The van der Waals surface area contributed by atoms with Crippen LogP contribution in [0.5, 0.6) is 0 Å². The first kappa shape index (κ1) is 24.8. The van der Waals surface area contributed by atoms with Crippen LogP contribution in [0, 0.1) is 0 Å². The Morgan fingerprint density at radius 2 is 1.09 bits per heavy atom. The maximum absolute atomic E-state index is 6.58. The lowest BCUT2D eigenvalue weighted by Gasteiger charge is -2.13. The molecule has 0 atom stereocenters. The Hall–Kier alpha value is -6.46. The molecule has 5 heteroatoms. The minimum Gasteiger partial charge on any atom is -0.456 e. The molecule has 4 aromatic heterocycles. The van der Waals surface area contributed by atoms with Gasteiger partial charge in [0.15, 0.2) is 0 Å². The van der Waals surface area contributed by atoms with Crippen LogP contribution in [-0.2, 0) is 0 Å². The van der Waals surface area contributed by atoms with Gasteiger partial charge in [0.1, 0.15) is 22.3 Å². The molecule has 0 N–H and O–H groups in total. The highest BCUT2D eigenvalue weighted by Gasteiger charge is 2.24. The van der Waals surface area contributed by atoms with E-state index in [2.05, 4.69) is 114 Å². The number of benzene rings is 7. The van der Waals surface area contributed by atoms with Crippen LogP contribution in [0.2, 0.25) is 0 Å². The Labute approximate surface area is 266 Å². The van der Waals surface area contributed by atoms with Gasteiger partial charge in [-0.3, -0.25) is 4.57 Å². The van der Waals surface area contributed by atoms with Gasteiger partial charge in [-0.05, 0) is 42.5 Å². The summed E-state index contributed by atoms with van der Waals surface area (Å²) in [6.07, 6.45) is 0. The van der Waals surface area contributed by atoms with Crippen LogP contribution < -0.4 is 0 Å². The average molecular weight is 602 g/mol. The lowest BCUT2D eigenvalue weighted by Crippen LogP contribution is -2.03. The van der Waals surface area contributed by atoms with Crippen LogP contribution in [0.3, 0.4) is 0 Å². The number of hydrogen-bond donors (Lipinski definition) is 0. The van der Waals surface area contributed by atoms with Gasteiger partial charge >= 0.3 is 0 Å². The summed E-state index contributed by atoms with van der Waals surface area (Å²) in [6.45, 7) is 0. The van der Waals surface area contributed by atoms with Crippen LogP contribution in [0.1, 0.15) is 0 Å². The Morgan fingerprint density at radius 1 is 0.447 bits per heavy atom. The summed E-state index contributed by atoms with van der Waals surface area (Å²) in [6, 6.07) is 48.2. The summed E-state index contributed by atoms with van der Waals surface area (Å²) in [5.74, 6) is 0.624. The van der Waals surface area contributed by atoms with Crippen molar-refractivity contribution in [3.05, 3.63) is 140 Å². The smallest absolute Gasteiger partial charge is 0.235 e. The van der Waals surface area contributed by atoms with Crippen molar-refractivity contribution in [2.75, 3.05) is 0 Å². The molecule has 0 saturated heterocycles. The molecule has 0 aliphatic carbocycles. The van der Waals surface area contributed by atoms with Crippen LogP contribution in [0.15, 0.2) is 148 Å². The molecular weight excluding hydrogens is 578 g/mol. The summed E-state index contributed by atoms with van der Waals surface area (Å²) >= 11 is 0. The fourth-order valence-electron chi connectivity index (χ4n) is 7.58. The molecule has 0 saturated carbocycles. The van der Waals surface area contributed by atoms with Gasteiger partial charge in [0.05, 0.1) is 22.2 Å². The van der Waals surface area contributed by atoms with Crippen molar-refractivity contribution < 1.29 is 8.83 Å². The molecule has 0 bridgehead atoms. The molecule has 0 radical (unpaired) electrons. The number of aromatic nitrogens is 3. The Balaban J connectivity index is 1.31. The molecule has 0 unspecified atom stereocenters. The number of nitrogens with zero attached hydrogens (tertiary/aromatic N) is 3. The van der Waals surface area contributed by atoms with Gasteiger partial charge < -0.3 is 8.83 Å². The fourth-order valence-corrected chi connectivity index (χ4v) is 7.58. The van der Waals surface area contributed by atoms with Crippen molar-refractivity contribution in [3.63, 3.8) is 0 Å². The normalized spacial score (nSPS) is 12.3. The zero-order valence-electron chi connectivity index (χ0n) is 24.9.